The van der Waals surface area contributed by atoms with Crippen LogP contribution >= 0.6 is 0 Å². The zero-order valence-electron chi connectivity index (χ0n) is 14.5. The van der Waals surface area contributed by atoms with Crippen molar-refractivity contribution in [2.24, 2.45) is 0 Å². The lowest BCUT2D eigenvalue weighted by Crippen LogP contribution is -2.24. The molecule has 0 unspecified atom stereocenters. The van der Waals surface area contributed by atoms with Gasteiger partial charge in [-0.25, -0.2) is 14.1 Å². The highest BCUT2D eigenvalue weighted by molar-refractivity contribution is 5.45. The maximum atomic E-state index is 13.7. The standard InChI is InChI=1S/C18H19FN4O2/c1-11-10-20-16(22-8-7-15(21-22)18(3,4)25)9-14(11)23-12(2)5-6-13(19)17(23)24/h5-10,25H,1-4H3. The summed E-state index contributed by atoms with van der Waals surface area (Å²) in [6, 6.07) is 6.08. The smallest absolute Gasteiger partial charge is 0.291 e. The van der Waals surface area contributed by atoms with Crippen LogP contribution in [0.25, 0.3) is 11.5 Å². The van der Waals surface area contributed by atoms with Gasteiger partial charge < -0.3 is 5.11 Å². The Morgan fingerprint density at radius 1 is 1.20 bits per heavy atom. The summed E-state index contributed by atoms with van der Waals surface area (Å²) in [6.45, 7) is 6.82. The maximum absolute atomic E-state index is 13.7. The normalized spacial score (nSPS) is 11.8. The van der Waals surface area contributed by atoms with Gasteiger partial charge in [0.15, 0.2) is 11.6 Å². The second kappa shape index (κ2) is 5.93. The van der Waals surface area contributed by atoms with Gasteiger partial charge in [0.1, 0.15) is 5.60 Å². The van der Waals surface area contributed by atoms with Crippen molar-refractivity contribution in [2.45, 2.75) is 33.3 Å². The van der Waals surface area contributed by atoms with Crippen LogP contribution in [0.15, 0.2) is 41.5 Å². The summed E-state index contributed by atoms with van der Waals surface area (Å²) in [5, 5.41) is 14.4. The van der Waals surface area contributed by atoms with E-state index < -0.39 is 17.0 Å². The van der Waals surface area contributed by atoms with Crippen molar-refractivity contribution in [2.75, 3.05) is 0 Å². The number of aromatic nitrogens is 4. The third kappa shape index (κ3) is 3.10. The molecule has 0 saturated heterocycles. The molecule has 3 aromatic heterocycles. The van der Waals surface area contributed by atoms with Gasteiger partial charge in [0.2, 0.25) is 0 Å². The van der Waals surface area contributed by atoms with Crippen molar-refractivity contribution in [1.29, 1.82) is 0 Å². The summed E-state index contributed by atoms with van der Waals surface area (Å²) in [5.74, 6) is -0.349. The minimum absolute atomic E-state index is 0.465. The lowest BCUT2D eigenvalue weighted by atomic mass is 10.1. The third-order valence-electron chi connectivity index (χ3n) is 3.98. The molecular weight excluding hydrogens is 323 g/mol. The van der Waals surface area contributed by atoms with Gasteiger partial charge in [-0.3, -0.25) is 9.36 Å². The van der Waals surface area contributed by atoms with E-state index in [4.69, 9.17) is 0 Å². The molecule has 0 aliphatic carbocycles. The average Bonchev–Trinajstić information content (AvgIpc) is 3.03. The topological polar surface area (TPSA) is 72.9 Å². The van der Waals surface area contributed by atoms with Gasteiger partial charge in [0.25, 0.3) is 5.56 Å². The first-order valence-corrected chi connectivity index (χ1v) is 7.82. The fourth-order valence-corrected chi connectivity index (χ4v) is 2.55. The lowest BCUT2D eigenvalue weighted by Gasteiger charge is -2.14. The van der Waals surface area contributed by atoms with Gasteiger partial charge in [-0.15, -0.1) is 0 Å². The Labute approximate surface area is 144 Å². The van der Waals surface area contributed by atoms with Crippen LogP contribution in [0.4, 0.5) is 4.39 Å². The highest BCUT2D eigenvalue weighted by Gasteiger charge is 2.20. The first-order valence-electron chi connectivity index (χ1n) is 7.82. The zero-order chi connectivity index (χ0) is 18.4. The van der Waals surface area contributed by atoms with Gasteiger partial charge in [-0.05, 0) is 51.5 Å². The molecule has 7 heteroatoms. The SMILES string of the molecule is Cc1cnc(-n2ccc(C(C)(C)O)n2)cc1-n1c(C)ccc(F)c1=O. The van der Waals surface area contributed by atoms with E-state index in [0.717, 1.165) is 11.6 Å². The fraction of sp³-hybridized carbons (Fsp3) is 0.278. The largest absolute Gasteiger partial charge is 0.384 e. The van der Waals surface area contributed by atoms with Crippen molar-refractivity contribution < 1.29 is 9.50 Å². The van der Waals surface area contributed by atoms with Crippen LogP contribution in [0, 0.1) is 19.7 Å². The van der Waals surface area contributed by atoms with Crippen molar-refractivity contribution in [1.82, 2.24) is 19.3 Å². The van der Waals surface area contributed by atoms with E-state index in [1.807, 2.05) is 0 Å². The van der Waals surface area contributed by atoms with Crippen molar-refractivity contribution in [3.05, 3.63) is 69.8 Å². The van der Waals surface area contributed by atoms with Crippen LogP contribution in [-0.2, 0) is 5.60 Å². The van der Waals surface area contributed by atoms with Crippen LogP contribution < -0.4 is 5.56 Å². The minimum atomic E-state index is -1.07. The van der Waals surface area contributed by atoms with Crippen LogP contribution in [0.5, 0.6) is 0 Å². The second-order valence-electron chi connectivity index (χ2n) is 6.50. The Morgan fingerprint density at radius 3 is 2.56 bits per heavy atom. The van der Waals surface area contributed by atoms with E-state index in [1.165, 1.54) is 9.25 Å². The van der Waals surface area contributed by atoms with Gasteiger partial charge in [-0.2, -0.15) is 5.10 Å². The third-order valence-corrected chi connectivity index (χ3v) is 3.98. The molecule has 0 spiro atoms. The molecule has 0 fully saturated rings. The molecule has 1 N–H and O–H groups in total. The molecule has 6 nitrogen and oxygen atoms in total. The summed E-state index contributed by atoms with van der Waals surface area (Å²) in [4.78, 5) is 16.6. The summed E-state index contributed by atoms with van der Waals surface area (Å²) in [7, 11) is 0. The van der Waals surface area contributed by atoms with Crippen molar-refractivity contribution in [3.63, 3.8) is 0 Å². The number of pyridine rings is 2. The van der Waals surface area contributed by atoms with E-state index in [-0.39, 0.29) is 0 Å². The number of hydrogen-bond donors (Lipinski definition) is 1. The molecular formula is C18H19FN4O2. The summed E-state index contributed by atoms with van der Waals surface area (Å²) in [6.07, 6.45) is 3.28. The van der Waals surface area contributed by atoms with Gasteiger partial charge in [0.05, 0.1) is 11.4 Å². The summed E-state index contributed by atoms with van der Waals surface area (Å²) >= 11 is 0. The van der Waals surface area contributed by atoms with E-state index >= 15 is 0 Å². The summed E-state index contributed by atoms with van der Waals surface area (Å²) in [5.41, 5.74) is 0.592. The Balaban J connectivity index is 2.16. The van der Waals surface area contributed by atoms with Crippen molar-refractivity contribution in [3.8, 4) is 11.5 Å². The van der Waals surface area contributed by atoms with E-state index in [9.17, 15) is 14.3 Å². The van der Waals surface area contributed by atoms with E-state index in [0.29, 0.717) is 22.9 Å². The van der Waals surface area contributed by atoms with Crippen LogP contribution in [0.3, 0.4) is 0 Å². The second-order valence-corrected chi connectivity index (χ2v) is 6.50. The quantitative estimate of drug-likeness (QED) is 0.793. The number of hydrogen-bond acceptors (Lipinski definition) is 4. The van der Waals surface area contributed by atoms with Gasteiger partial charge in [-0.1, -0.05) is 0 Å². The minimum Gasteiger partial charge on any atom is -0.384 e. The molecule has 0 aliphatic rings. The number of aryl methyl sites for hydroxylation is 2. The zero-order valence-corrected chi connectivity index (χ0v) is 14.5. The van der Waals surface area contributed by atoms with Gasteiger partial charge >= 0.3 is 0 Å². The molecule has 0 amide bonds. The molecule has 0 aromatic carbocycles. The van der Waals surface area contributed by atoms with Crippen LogP contribution in [0.2, 0.25) is 0 Å². The van der Waals surface area contributed by atoms with Crippen LogP contribution in [-0.4, -0.2) is 24.4 Å². The molecule has 0 bridgehead atoms. The van der Waals surface area contributed by atoms with E-state index in [2.05, 4.69) is 10.1 Å². The Kier molecular flexibility index (Phi) is 4.04. The Bertz CT molecular complexity index is 999. The molecule has 0 radical (unpaired) electrons. The number of halogens is 1. The van der Waals surface area contributed by atoms with Crippen molar-refractivity contribution >= 4 is 0 Å². The van der Waals surface area contributed by atoms with Crippen LogP contribution in [0.1, 0.15) is 30.8 Å². The fourth-order valence-electron chi connectivity index (χ4n) is 2.55. The molecule has 25 heavy (non-hydrogen) atoms. The Morgan fingerprint density at radius 2 is 1.92 bits per heavy atom. The highest BCUT2D eigenvalue weighted by Crippen LogP contribution is 2.20. The molecule has 0 aliphatic heterocycles. The lowest BCUT2D eigenvalue weighted by molar-refractivity contribution is 0.0734. The molecule has 0 saturated carbocycles. The average molecular weight is 342 g/mol. The maximum Gasteiger partial charge on any atom is 0.291 e. The molecule has 3 aromatic rings. The monoisotopic (exact) mass is 342 g/mol. The highest BCUT2D eigenvalue weighted by atomic mass is 19.1. The predicted molar refractivity (Wildman–Crippen MR) is 91.6 cm³/mol. The molecule has 0 atom stereocenters. The first-order chi connectivity index (χ1) is 11.7. The number of aliphatic hydroxyl groups is 1. The summed E-state index contributed by atoms with van der Waals surface area (Å²) < 4.78 is 16.6. The van der Waals surface area contributed by atoms with E-state index in [1.54, 1.807) is 58.3 Å². The number of nitrogens with zero attached hydrogens (tertiary/aromatic N) is 4. The predicted octanol–water partition coefficient (Wildman–Crippen LogP) is 2.40. The number of rotatable bonds is 3. The molecule has 3 heterocycles. The molecule has 3 rings (SSSR count). The molecule has 130 valence electrons. The van der Waals surface area contributed by atoms with Gasteiger partial charge in [0, 0.05) is 24.2 Å². The first kappa shape index (κ1) is 17.0. The Hall–Kier alpha value is -2.80.